The van der Waals surface area contributed by atoms with Gasteiger partial charge in [-0.3, -0.25) is 0 Å². The molecular formula is C13H21FN2O. The predicted molar refractivity (Wildman–Crippen MR) is 68.8 cm³/mol. The van der Waals surface area contributed by atoms with Crippen LogP contribution in [0.2, 0.25) is 0 Å². The van der Waals surface area contributed by atoms with Gasteiger partial charge in [-0.2, -0.15) is 0 Å². The first-order valence-corrected chi connectivity index (χ1v) is 5.95. The van der Waals surface area contributed by atoms with E-state index in [9.17, 15) is 4.39 Å². The summed E-state index contributed by atoms with van der Waals surface area (Å²) in [5.74, 6) is -0.213. The van der Waals surface area contributed by atoms with Gasteiger partial charge < -0.3 is 15.4 Å². The zero-order chi connectivity index (χ0) is 12.7. The summed E-state index contributed by atoms with van der Waals surface area (Å²) in [6, 6.07) is 6.57. The van der Waals surface area contributed by atoms with Crippen molar-refractivity contribution in [1.82, 2.24) is 0 Å². The van der Waals surface area contributed by atoms with E-state index in [-0.39, 0.29) is 11.9 Å². The van der Waals surface area contributed by atoms with Gasteiger partial charge >= 0.3 is 0 Å². The van der Waals surface area contributed by atoms with Gasteiger partial charge in [0, 0.05) is 32.4 Å². The van der Waals surface area contributed by atoms with Crippen LogP contribution in [0.15, 0.2) is 24.3 Å². The number of hydrogen-bond donors (Lipinski definition) is 1. The molecule has 96 valence electrons. The smallest absolute Gasteiger partial charge is 0.125 e. The standard InChI is InChI=1S/C13H21FN2O/c1-3-17-13(10-15)7-8-16(2)12-6-4-5-11(14)9-12/h4-6,9,13H,3,7-8,10,15H2,1-2H3. The van der Waals surface area contributed by atoms with Gasteiger partial charge in [-0.1, -0.05) is 6.07 Å². The first kappa shape index (κ1) is 13.9. The summed E-state index contributed by atoms with van der Waals surface area (Å²) in [7, 11) is 1.94. The van der Waals surface area contributed by atoms with E-state index in [4.69, 9.17) is 10.5 Å². The second-order valence-corrected chi connectivity index (χ2v) is 4.00. The number of ether oxygens (including phenoxy) is 1. The topological polar surface area (TPSA) is 38.5 Å². The minimum atomic E-state index is -0.213. The van der Waals surface area contributed by atoms with Crippen LogP contribution in [0.25, 0.3) is 0 Å². The lowest BCUT2D eigenvalue weighted by molar-refractivity contribution is 0.0646. The number of anilines is 1. The molecule has 0 spiro atoms. The number of halogens is 1. The summed E-state index contributed by atoms with van der Waals surface area (Å²) >= 11 is 0. The van der Waals surface area contributed by atoms with Crippen LogP contribution in [0.4, 0.5) is 10.1 Å². The van der Waals surface area contributed by atoms with Crippen LogP contribution in [0.3, 0.4) is 0 Å². The van der Waals surface area contributed by atoms with Crippen molar-refractivity contribution in [2.24, 2.45) is 5.73 Å². The molecule has 2 N–H and O–H groups in total. The molecule has 0 aliphatic carbocycles. The van der Waals surface area contributed by atoms with E-state index < -0.39 is 0 Å². The molecule has 0 heterocycles. The molecule has 17 heavy (non-hydrogen) atoms. The molecule has 1 unspecified atom stereocenters. The predicted octanol–water partition coefficient (Wildman–Crippen LogP) is 2.02. The fourth-order valence-corrected chi connectivity index (χ4v) is 1.69. The van der Waals surface area contributed by atoms with Crippen molar-refractivity contribution in [3.8, 4) is 0 Å². The van der Waals surface area contributed by atoms with Crippen molar-refractivity contribution in [1.29, 1.82) is 0 Å². The summed E-state index contributed by atoms with van der Waals surface area (Å²) in [5.41, 5.74) is 6.48. The molecule has 1 aromatic carbocycles. The van der Waals surface area contributed by atoms with E-state index >= 15 is 0 Å². The van der Waals surface area contributed by atoms with Crippen molar-refractivity contribution >= 4 is 5.69 Å². The Bertz CT molecular complexity index is 333. The second kappa shape index (κ2) is 7.25. The van der Waals surface area contributed by atoms with Gasteiger partial charge in [0.25, 0.3) is 0 Å². The lowest BCUT2D eigenvalue weighted by Gasteiger charge is -2.22. The number of rotatable bonds is 7. The number of nitrogens with two attached hydrogens (primary N) is 1. The van der Waals surface area contributed by atoms with E-state index in [1.165, 1.54) is 12.1 Å². The third-order valence-electron chi connectivity index (χ3n) is 2.70. The van der Waals surface area contributed by atoms with Crippen LogP contribution in [0, 0.1) is 5.82 Å². The summed E-state index contributed by atoms with van der Waals surface area (Å²) in [6.45, 7) is 3.95. The van der Waals surface area contributed by atoms with Crippen LogP contribution < -0.4 is 10.6 Å². The van der Waals surface area contributed by atoms with Crippen LogP contribution in [-0.2, 0) is 4.74 Å². The van der Waals surface area contributed by atoms with Crippen molar-refractivity contribution in [3.63, 3.8) is 0 Å². The monoisotopic (exact) mass is 240 g/mol. The lowest BCUT2D eigenvalue weighted by Crippen LogP contribution is -2.29. The maximum Gasteiger partial charge on any atom is 0.125 e. The highest BCUT2D eigenvalue weighted by atomic mass is 19.1. The first-order chi connectivity index (χ1) is 8.17. The quantitative estimate of drug-likeness (QED) is 0.792. The first-order valence-electron chi connectivity index (χ1n) is 5.95. The van der Waals surface area contributed by atoms with Crippen molar-refractivity contribution < 1.29 is 9.13 Å². The highest BCUT2D eigenvalue weighted by molar-refractivity contribution is 5.45. The van der Waals surface area contributed by atoms with Crippen LogP contribution in [0.1, 0.15) is 13.3 Å². The third kappa shape index (κ3) is 4.71. The zero-order valence-corrected chi connectivity index (χ0v) is 10.5. The Morgan fingerprint density at radius 3 is 2.82 bits per heavy atom. The maximum absolute atomic E-state index is 13.0. The Labute approximate surface area is 102 Å². The molecule has 0 bridgehead atoms. The molecule has 1 rings (SSSR count). The molecule has 1 aromatic rings. The zero-order valence-electron chi connectivity index (χ0n) is 10.5. The van der Waals surface area contributed by atoms with E-state index in [1.807, 2.05) is 24.9 Å². The van der Waals surface area contributed by atoms with Crippen molar-refractivity contribution in [2.75, 3.05) is 31.6 Å². The highest BCUT2D eigenvalue weighted by Gasteiger charge is 2.08. The Kier molecular flexibility index (Phi) is 5.94. The Morgan fingerprint density at radius 2 is 2.24 bits per heavy atom. The molecule has 4 heteroatoms. The fraction of sp³-hybridized carbons (Fsp3) is 0.538. The van der Waals surface area contributed by atoms with Gasteiger partial charge in [0.2, 0.25) is 0 Å². The SMILES string of the molecule is CCOC(CN)CCN(C)c1cccc(F)c1. The van der Waals surface area contributed by atoms with Crippen molar-refractivity contribution in [2.45, 2.75) is 19.4 Å². The minimum absolute atomic E-state index is 0.0796. The molecule has 0 aromatic heterocycles. The number of hydrogen-bond acceptors (Lipinski definition) is 3. The van der Waals surface area contributed by atoms with E-state index in [0.29, 0.717) is 13.2 Å². The third-order valence-corrected chi connectivity index (χ3v) is 2.70. The molecule has 0 radical (unpaired) electrons. The van der Waals surface area contributed by atoms with Gasteiger partial charge in [-0.05, 0) is 31.5 Å². The Hall–Kier alpha value is -1.13. The number of nitrogens with zero attached hydrogens (tertiary/aromatic N) is 1. The Morgan fingerprint density at radius 1 is 1.47 bits per heavy atom. The maximum atomic E-state index is 13.0. The van der Waals surface area contributed by atoms with Crippen LogP contribution in [-0.4, -0.2) is 32.8 Å². The largest absolute Gasteiger partial charge is 0.377 e. The molecule has 0 saturated heterocycles. The van der Waals surface area contributed by atoms with Gasteiger partial charge in [-0.25, -0.2) is 4.39 Å². The molecule has 3 nitrogen and oxygen atoms in total. The normalized spacial score (nSPS) is 12.5. The number of benzene rings is 1. The van der Waals surface area contributed by atoms with Crippen LogP contribution >= 0.6 is 0 Å². The van der Waals surface area contributed by atoms with Gasteiger partial charge in [0.1, 0.15) is 5.82 Å². The van der Waals surface area contributed by atoms with Gasteiger partial charge in [-0.15, -0.1) is 0 Å². The van der Waals surface area contributed by atoms with E-state index in [0.717, 1.165) is 18.7 Å². The van der Waals surface area contributed by atoms with E-state index in [2.05, 4.69) is 0 Å². The highest BCUT2D eigenvalue weighted by Crippen LogP contribution is 2.14. The fourth-order valence-electron chi connectivity index (χ4n) is 1.69. The summed E-state index contributed by atoms with van der Waals surface area (Å²) < 4.78 is 18.5. The average molecular weight is 240 g/mol. The molecule has 0 fully saturated rings. The van der Waals surface area contributed by atoms with E-state index in [1.54, 1.807) is 6.07 Å². The minimum Gasteiger partial charge on any atom is -0.377 e. The molecule has 0 aliphatic heterocycles. The molecule has 0 saturated carbocycles. The summed E-state index contributed by atoms with van der Waals surface area (Å²) in [5, 5.41) is 0. The Balaban J connectivity index is 2.46. The second-order valence-electron chi connectivity index (χ2n) is 4.00. The van der Waals surface area contributed by atoms with Gasteiger partial charge in [0.05, 0.1) is 6.10 Å². The lowest BCUT2D eigenvalue weighted by atomic mass is 10.2. The molecular weight excluding hydrogens is 219 g/mol. The van der Waals surface area contributed by atoms with Crippen molar-refractivity contribution in [3.05, 3.63) is 30.1 Å². The van der Waals surface area contributed by atoms with Crippen LogP contribution in [0.5, 0.6) is 0 Å². The summed E-state index contributed by atoms with van der Waals surface area (Å²) in [6.07, 6.45) is 0.924. The summed E-state index contributed by atoms with van der Waals surface area (Å²) in [4.78, 5) is 2.00. The molecule has 0 aliphatic rings. The molecule has 0 amide bonds. The average Bonchev–Trinajstić information content (AvgIpc) is 2.34. The van der Waals surface area contributed by atoms with Gasteiger partial charge in [0.15, 0.2) is 0 Å². The molecule has 1 atom stereocenters.